The molecule has 2 aliphatic heterocycles. The molecule has 3 rings (SSSR count). The normalized spacial score (nSPS) is 20.8. The van der Waals surface area contributed by atoms with Crippen LogP contribution in [0, 0.1) is 0 Å². The van der Waals surface area contributed by atoms with E-state index in [0.29, 0.717) is 0 Å². The second kappa shape index (κ2) is 5.39. The van der Waals surface area contributed by atoms with E-state index in [-0.39, 0.29) is 0 Å². The summed E-state index contributed by atoms with van der Waals surface area (Å²) in [6.45, 7) is 8.28. The van der Waals surface area contributed by atoms with Crippen LogP contribution in [0.5, 0.6) is 0 Å². The molecule has 0 atom stereocenters. The van der Waals surface area contributed by atoms with E-state index in [0.717, 1.165) is 25.2 Å². The molecule has 19 heavy (non-hydrogen) atoms. The van der Waals surface area contributed by atoms with Gasteiger partial charge >= 0.3 is 0 Å². The summed E-state index contributed by atoms with van der Waals surface area (Å²) in [5.41, 5.74) is 9.54. The van der Waals surface area contributed by atoms with E-state index >= 15 is 0 Å². The molecule has 4 nitrogen and oxygen atoms in total. The molecule has 0 saturated carbocycles. The minimum atomic E-state index is 0.889. The smallest absolute Gasteiger partial charge is 0.0401 e. The lowest BCUT2D eigenvalue weighted by Crippen LogP contribution is -2.46. The van der Waals surface area contributed by atoms with Gasteiger partial charge in [-0.1, -0.05) is 0 Å². The van der Waals surface area contributed by atoms with E-state index in [2.05, 4.69) is 33.9 Å². The van der Waals surface area contributed by atoms with Gasteiger partial charge in [0.15, 0.2) is 0 Å². The van der Waals surface area contributed by atoms with E-state index in [1.807, 2.05) is 6.07 Å². The van der Waals surface area contributed by atoms with Gasteiger partial charge in [0, 0.05) is 57.2 Å². The first-order valence-electron chi connectivity index (χ1n) is 7.26. The molecular formula is C15H24N4. The summed E-state index contributed by atoms with van der Waals surface area (Å²) in [6, 6.07) is 6.33. The van der Waals surface area contributed by atoms with Gasteiger partial charge < -0.3 is 15.5 Å². The van der Waals surface area contributed by atoms with Gasteiger partial charge in [0.2, 0.25) is 0 Å². The average molecular weight is 260 g/mol. The van der Waals surface area contributed by atoms with Crippen molar-refractivity contribution in [2.45, 2.75) is 6.42 Å². The summed E-state index contributed by atoms with van der Waals surface area (Å²) in [4.78, 5) is 7.49. The fourth-order valence-corrected chi connectivity index (χ4v) is 3.06. The van der Waals surface area contributed by atoms with E-state index < -0.39 is 0 Å². The SMILES string of the molecule is CN1CCN(CCN2CCc3cc(N)ccc32)CC1. The van der Waals surface area contributed by atoms with Crippen molar-refractivity contribution in [3.05, 3.63) is 23.8 Å². The van der Waals surface area contributed by atoms with Crippen molar-refractivity contribution in [1.29, 1.82) is 0 Å². The zero-order valence-electron chi connectivity index (χ0n) is 11.8. The summed E-state index contributed by atoms with van der Waals surface area (Å²) >= 11 is 0. The van der Waals surface area contributed by atoms with Gasteiger partial charge in [-0.2, -0.15) is 0 Å². The summed E-state index contributed by atoms with van der Waals surface area (Å²) < 4.78 is 0. The fourth-order valence-electron chi connectivity index (χ4n) is 3.06. The standard InChI is InChI=1S/C15H24N4/c1-17-6-8-18(9-7-17)10-11-19-5-4-13-12-14(16)2-3-15(13)19/h2-3,12H,4-11,16H2,1H3. The number of benzene rings is 1. The van der Waals surface area contributed by atoms with Gasteiger partial charge in [0.1, 0.15) is 0 Å². The molecule has 1 aromatic carbocycles. The number of nitrogen functional groups attached to an aromatic ring is 1. The van der Waals surface area contributed by atoms with Gasteiger partial charge in [-0.05, 0) is 37.2 Å². The van der Waals surface area contributed by atoms with Crippen molar-refractivity contribution < 1.29 is 0 Å². The second-order valence-electron chi connectivity index (χ2n) is 5.77. The molecule has 4 heteroatoms. The van der Waals surface area contributed by atoms with E-state index in [9.17, 15) is 0 Å². The lowest BCUT2D eigenvalue weighted by atomic mass is 10.1. The van der Waals surface area contributed by atoms with Crippen LogP contribution in [0.2, 0.25) is 0 Å². The highest BCUT2D eigenvalue weighted by molar-refractivity contribution is 5.62. The predicted octanol–water partition coefficient (Wildman–Crippen LogP) is 0.879. The van der Waals surface area contributed by atoms with Crippen LogP contribution in [-0.2, 0) is 6.42 Å². The molecule has 104 valence electrons. The fraction of sp³-hybridized carbons (Fsp3) is 0.600. The van der Waals surface area contributed by atoms with E-state index in [1.165, 1.54) is 44.0 Å². The van der Waals surface area contributed by atoms with Crippen LogP contribution >= 0.6 is 0 Å². The molecule has 1 saturated heterocycles. The molecule has 0 bridgehead atoms. The number of likely N-dealkylation sites (N-methyl/N-ethyl adjacent to an activating group) is 1. The third-order valence-corrected chi connectivity index (χ3v) is 4.38. The number of hydrogen-bond acceptors (Lipinski definition) is 4. The Bertz CT molecular complexity index is 438. The Kier molecular flexibility index (Phi) is 3.62. The summed E-state index contributed by atoms with van der Waals surface area (Å²) in [7, 11) is 2.21. The molecule has 2 N–H and O–H groups in total. The van der Waals surface area contributed by atoms with E-state index in [4.69, 9.17) is 5.73 Å². The maximum atomic E-state index is 5.85. The molecule has 0 aromatic heterocycles. The Morgan fingerprint density at radius 1 is 1.05 bits per heavy atom. The highest BCUT2D eigenvalue weighted by atomic mass is 15.3. The van der Waals surface area contributed by atoms with Crippen molar-refractivity contribution in [3.63, 3.8) is 0 Å². The van der Waals surface area contributed by atoms with Crippen molar-refractivity contribution in [2.75, 3.05) is 63.5 Å². The number of hydrogen-bond donors (Lipinski definition) is 1. The highest BCUT2D eigenvalue weighted by Gasteiger charge is 2.20. The van der Waals surface area contributed by atoms with Gasteiger partial charge in [-0.25, -0.2) is 0 Å². The van der Waals surface area contributed by atoms with Crippen molar-refractivity contribution in [3.8, 4) is 0 Å². The molecule has 1 aromatic rings. The lowest BCUT2D eigenvalue weighted by Gasteiger charge is -2.33. The maximum absolute atomic E-state index is 5.85. The highest BCUT2D eigenvalue weighted by Crippen LogP contribution is 2.29. The number of piperazine rings is 1. The Hall–Kier alpha value is -1.26. The van der Waals surface area contributed by atoms with Crippen molar-refractivity contribution in [2.24, 2.45) is 0 Å². The molecule has 0 aliphatic carbocycles. The first-order chi connectivity index (χ1) is 9.22. The van der Waals surface area contributed by atoms with Crippen LogP contribution in [-0.4, -0.2) is 62.7 Å². The average Bonchev–Trinajstić information content (AvgIpc) is 2.80. The minimum absolute atomic E-state index is 0.889. The molecule has 2 heterocycles. The number of nitrogens with zero attached hydrogens (tertiary/aromatic N) is 3. The van der Waals surface area contributed by atoms with Crippen LogP contribution in [0.4, 0.5) is 11.4 Å². The Balaban J connectivity index is 1.55. The molecule has 0 spiro atoms. The van der Waals surface area contributed by atoms with Crippen LogP contribution in [0.3, 0.4) is 0 Å². The maximum Gasteiger partial charge on any atom is 0.0401 e. The van der Waals surface area contributed by atoms with Gasteiger partial charge in [0.05, 0.1) is 0 Å². The minimum Gasteiger partial charge on any atom is -0.399 e. The molecule has 0 amide bonds. The van der Waals surface area contributed by atoms with Gasteiger partial charge in [-0.3, -0.25) is 4.90 Å². The predicted molar refractivity (Wildman–Crippen MR) is 80.7 cm³/mol. The van der Waals surface area contributed by atoms with Crippen LogP contribution in [0.15, 0.2) is 18.2 Å². The molecule has 0 radical (unpaired) electrons. The van der Waals surface area contributed by atoms with Crippen LogP contribution in [0.25, 0.3) is 0 Å². The number of anilines is 2. The quantitative estimate of drug-likeness (QED) is 0.819. The third kappa shape index (κ3) is 2.85. The number of nitrogens with two attached hydrogens (primary N) is 1. The first kappa shape index (κ1) is 12.8. The largest absolute Gasteiger partial charge is 0.399 e. The van der Waals surface area contributed by atoms with Crippen LogP contribution < -0.4 is 10.6 Å². The monoisotopic (exact) mass is 260 g/mol. The number of rotatable bonds is 3. The summed E-state index contributed by atoms with van der Waals surface area (Å²) in [6.07, 6.45) is 1.14. The van der Waals surface area contributed by atoms with Crippen LogP contribution in [0.1, 0.15) is 5.56 Å². The van der Waals surface area contributed by atoms with Gasteiger partial charge in [-0.15, -0.1) is 0 Å². The Morgan fingerprint density at radius 2 is 1.84 bits per heavy atom. The Labute approximate surface area is 115 Å². The zero-order valence-corrected chi connectivity index (χ0v) is 11.8. The first-order valence-corrected chi connectivity index (χ1v) is 7.26. The van der Waals surface area contributed by atoms with Crippen molar-refractivity contribution in [1.82, 2.24) is 9.80 Å². The number of fused-ring (bicyclic) bond motifs is 1. The van der Waals surface area contributed by atoms with E-state index in [1.54, 1.807) is 0 Å². The molecule has 0 unspecified atom stereocenters. The summed E-state index contributed by atoms with van der Waals surface area (Å²) in [5, 5.41) is 0. The molecular weight excluding hydrogens is 236 g/mol. The molecule has 1 fully saturated rings. The summed E-state index contributed by atoms with van der Waals surface area (Å²) in [5.74, 6) is 0. The lowest BCUT2D eigenvalue weighted by molar-refractivity contribution is 0.157. The van der Waals surface area contributed by atoms with Crippen molar-refractivity contribution >= 4 is 11.4 Å². The van der Waals surface area contributed by atoms with Gasteiger partial charge in [0.25, 0.3) is 0 Å². The Morgan fingerprint density at radius 3 is 2.63 bits per heavy atom. The topological polar surface area (TPSA) is 35.7 Å². The molecule has 2 aliphatic rings. The second-order valence-corrected chi connectivity index (χ2v) is 5.77. The zero-order chi connectivity index (χ0) is 13.2. The third-order valence-electron chi connectivity index (χ3n) is 4.38.